The van der Waals surface area contributed by atoms with Gasteiger partial charge in [0, 0.05) is 119 Å². The molecule has 3 aliphatic rings. The van der Waals surface area contributed by atoms with E-state index in [0.29, 0.717) is 58.6 Å². The fourth-order valence-corrected chi connectivity index (χ4v) is 17.2. The first kappa shape index (κ1) is 102. The number of primary amides is 3. The van der Waals surface area contributed by atoms with E-state index in [9.17, 15) is 68.1 Å². The van der Waals surface area contributed by atoms with E-state index in [0.717, 1.165) is 41.8 Å². The number of imidazole rings is 1. The van der Waals surface area contributed by atoms with Gasteiger partial charge in [-0.05, 0) is 94.2 Å². The topological polar surface area (TPSA) is 644 Å². The molecule has 0 aliphatic carbocycles. The van der Waals surface area contributed by atoms with Gasteiger partial charge in [-0.3, -0.25) is 91.4 Å². The number of phenols is 1. The number of nitrogens with two attached hydrogens (primary N) is 3. The standard InChI is InChI=1S/C88H120N22O21S/c1-9-11-21-66-82(125)96-47(4)76(119)103-65(79(122)94-40-73(91)117)43-132-44-74(118)97-61(31-49-24-26-53(112)27-25-49)84(127)106(6)48(5)77(120)100-63(37-72(90)116)87(130)109-30-16-23-67(109)83(126)99-60(34-52-39-92-45-95-52)80(123)98-58(28-29-71(89)115)86(129)110-41-54(113)35-69(110)70(114)33-50(32-51-38-93-57-20-14-13-18-55(51)57)78(121)102-64(42-111)81(124)101-62(36-59-56-19-15-17-46(3)75(56)105-104-59)85(128)108(8)68(22-12-10-2)88(131)107(66)7/h13-15,17-20,24-27,38-39,45,47-48,50,54,58,60-69,93,111-113H,9-12,16,21-23,28-37,40-44H2,1-8H3,(H2,89,115)(H2,90,116)(H2,91,117)(H,92,95)(H,94,122)(H,96,125)(H,97,118)(H,98,123)(H,99,126)(H,100,120)(H,101,124)(H,102,121)(H,103,119)(H,104,105)/t47-,48-,50+,54+,58-,60-,61-,62?,63-,64-,65-,66-,67?,68-,69-/m0/s1. The third-order valence-electron chi connectivity index (χ3n) is 23.9. The number of fused-ring (bicyclic) bond motifs is 4. The van der Waals surface area contributed by atoms with Crippen molar-refractivity contribution < 1.29 is 102 Å². The van der Waals surface area contributed by atoms with Crippen LogP contribution in [0.5, 0.6) is 5.75 Å². The maximum absolute atomic E-state index is 15.7. The second-order valence-electron chi connectivity index (χ2n) is 33.7. The zero-order valence-corrected chi connectivity index (χ0v) is 75.8. The van der Waals surface area contributed by atoms with Crippen molar-refractivity contribution in [1.29, 1.82) is 0 Å². The van der Waals surface area contributed by atoms with Crippen LogP contribution >= 0.6 is 11.8 Å². The average Bonchev–Trinajstić information content (AvgIpc) is 1.62. The summed E-state index contributed by atoms with van der Waals surface area (Å²) in [6.45, 7) is 5.53. The molecule has 15 atom stereocenters. The van der Waals surface area contributed by atoms with Crippen molar-refractivity contribution in [2.75, 3.05) is 58.9 Å². The van der Waals surface area contributed by atoms with E-state index >= 15 is 33.6 Å². The summed E-state index contributed by atoms with van der Waals surface area (Å²) in [5, 5.41) is 64.7. The second kappa shape index (κ2) is 48.0. The van der Waals surface area contributed by atoms with Crippen molar-refractivity contribution in [2.24, 2.45) is 23.1 Å². The molecule has 44 heteroatoms. The Balaban J connectivity index is 1.09. The lowest BCUT2D eigenvalue weighted by atomic mass is 9.90. The number of aromatic hydroxyl groups is 1. The normalized spacial score (nSPS) is 25.1. The number of ketones is 1. The number of likely N-dealkylation sites (N-methyl/N-ethyl adjacent to an activating group) is 3. The predicted molar refractivity (Wildman–Crippen MR) is 479 cm³/mol. The SMILES string of the molecule is CCCC[C@H]1C(=O)N(C)[C@@H](CCCC)C(=O)N[C@@H](C)C(=O)N[C@H](C(=O)NCC(N)=O)CSCC(=O)N[C@@H](Cc2ccc(O)cc2)C(=O)N(C)[C@@H](C)C(=O)N[C@@H](CC(N)=O)C(=O)N2CCCC2C(=O)N[C@@H](Cc2cnc[nH]2)C(=O)N[C@@H](CCC(N)=O)C(=O)N2C[C@H](O)C[C@H]2C(=O)C[C@@H](Cc2c[nH]c3ccccc23)C(=O)N[C@@H](CO)C(=O)NC(Cc2n[nH]c3c(C)cccc23)C(=O)N1C. The largest absolute Gasteiger partial charge is 0.508 e. The van der Waals surface area contributed by atoms with Crippen molar-refractivity contribution >= 4 is 140 Å². The van der Waals surface area contributed by atoms with Gasteiger partial charge >= 0.3 is 0 Å². The number of unbranched alkanes of at least 4 members (excludes halogenated alkanes) is 2. The first-order valence-electron chi connectivity index (χ1n) is 43.9. The molecule has 0 saturated carbocycles. The van der Waals surface area contributed by atoms with Gasteiger partial charge < -0.3 is 115 Å². The number of phenolic OH excluding ortho intramolecular Hbond substituents is 1. The summed E-state index contributed by atoms with van der Waals surface area (Å²) >= 11 is 0.770. The number of nitrogens with one attached hydrogen (secondary N) is 12. The number of benzene rings is 3. The van der Waals surface area contributed by atoms with E-state index in [1.807, 2.05) is 26.8 Å². The Morgan fingerprint density at radius 3 is 1.90 bits per heavy atom. The van der Waals surface area contributed by atoms with Crippen LogP contribution in [-0.4, -0.2) is 315 Å². The van der Waals surface area contributed by atoms with Crippen molar-refractivity contribution in [3.63, 3.8) is 0 Å². The number of rotatable bonds is 23. The van der Waals surface area contributed by atoms with Gasteiger partial charge in [-0.25, -0.2) is 4.98 Å². The van der Waals surface area contributed by atoms with Crippen LogP contribution in [0.15, 0.2) is 85.5 Å². The van der Waals surface area contributed by atoms with Gasteiger partial charge in [0.05, 0.1) is 55.0 Å². The van der Waals surface area contributed by atoms with Gasteiger partial charge in [-0.1, -0.05) is 88.1 Å². The molecule has 17 amide bonds. The number of carbonyl (C=O) groups excluding carboxylic acids is 18. The number of hydrogen-bond acceptors (Lipinski definition) is 24. The van der Waals surface area contributed by atoms with Crippen LogP contribution in [0.4, 0.5) is 0 Å². The molecule has 3 fully saturated rings. The van der Waals surface area contributed by atoms with Gasteiger partial charge in [-0.2, -0.15) is 5.10 Å². The summed E-state index contributed by atoms with van der Waals surface area (Å²) in [6.07, 6.45) is 0.256. The number of aromatic nitrogens is 5. The van der Waals surface area contributed by atoms with Gasteiger partial charge in [-0.15, -0.1) is 11.8 Å². The number of carbonyl (C=O) groups is 18. The summed E-state index contributed by atoms with van der Waals surface area (Å²) in [5.74, 6) is -19.7. The predicted octanol–water partition coefficient (Wildman–Crippen LogP) is -3.16. The first-order chi connectivity index (χ1) is 62.8. The molecule has 3 aliphatic heterocycles. The molecular formula is C88H120N22O21S. The maximum atomic E-state index is 15.7. The Bertz CT molecular complexity index is 5180. The van der Waals surface area contributed by atoms with Crippen LogP contribution in [0, 0.1) is 12.8 Å². The number of Topliss-reactive ketones (excluding diaryl/α,β-unsaturated/α-hetero) is 1. The minimum atomic E-state index is -1.89. The Morgan fingerprint density at radius 2 is 1.23 bits per heavy atom. The van der Waals surface area contributed by atoms with Gasteiger partial charge in [0.15, 0.2) is 5.78 Å². The third kappa shape index (κ3) is 27.4. The zero-order valence-electron chi connectivity index (χ0n) is 75.0. The number of aryl methyl sites for hydroxylation is 1. The highest BCUT2D eigenvalue weighted by Crippen LogP contribution is 2.30. The number of aromatic amines is 3. The first-order valence-corrected chi connectivity index (χ1v) is 45.0. The van der Waals surface area contributed by atoms with Crippen molar-refractivity contribution in [1.82, 2.24) is 97.5 Å². The number of amides is 17. The fourth-order valence-electron chi connectivity index (χ4n) is 16.3. The molecule has 2 unspecified atom stereocenters. The minimum absolute atomic E-state index is 0.00678. The summed E-state index contributed by atoms with van der Waals surface area (Å²) < 4.78 is 0. The number of thioether (sulfide) groups is 1. The molecule has 132 heavy (non-hydrogen) atoms. The maximum Gasteiger partial charge on any atom is 0.246 e. The van der Waals surface area contributed by atoms with Crippen LogP contribution in [0.1, 0.15) is 139 Å². The molecule has 21 N–H and O–H groups in total. The summed E-state index contributed by atoms with van der Waals surface area (Å²) in [4.78, 5) is 276. The van der Waals surface area contributed by atoms with E-state index in [2.05, 4.69) is 73.0 Å². The molecule has 6 aromatic rings. The van der Waals surface area contributed by atoms with Crippen molar-refractivity contribution in [3.8, 4) is 5.75 Å². The van der Waals surface area contributed by atoms with Crippen molar-refractivity contribution in [2.45, 2.75) is 228 Å². The van der Waals surface area contributed by atoms with Crippen LogP contribution in [0.3, 0.4) is 0 Å². The molecule has 0 radical (unpaired) electrons. The van der Waals surface area contributed by atoms with Crippen molar-refractivity contribution in [3.05, 3.63) is 114 Å². The number of nitrogens with zero attached hydrogens (tertiary/aromatic N) is 7. The van der Waals surface area contributed by atoms with Gasteiger partial charge in [0.1, 0.15) is 78.3 Å². The highest BCUT2D eigenvalue weighted by molar-refractivity contribution is 8.00. The Labute approximate surface area is 765 Å². The van der Waals surface area contributed by atoms with Crippen LogP contribution in [0.25, 0.3) is 21.8 Å². The molecule has 3 aromatic heterocycles. The zero-order chi connectivity index (χ0) is 96.5. The number of para-hydroxylation sites is 2. The van der Waals surface area contributed by atoms with E-state index in [1.54, 1.807) is 42.6 Å². The Kier molecular flexibility index (Phi) is 37.2. The average molecular weight is 1850 g/mol. The number of H-pyrrole nitrogens is 3. The number of aliphatic hydroxyl groups is 2. The molecule has 43 nitrogen and oxygen atoms in total. The monoisotopic (exact) mass is 1850 g/mol. The molecule has 9 rings (SSSR count). The smallest absolute Gasteiger partial charge is 0.246 e. The van der Waals surface area contributed by atoms with E-state index in [-0.39, 0.29) is 75.0 Å². The van der Waals surface area contributed by atoms with Crippen LogP contribution in [0.2, 0.25) is 0 Å². The van der Waals surface area contributed by atoms with Gasteiger partial charge in [0.25, 0.3) is 0 Å². The molecule has 3 aromatic carbocycles. The lowest BCUT2D eigenvalue weighted by Crippen LogP contribution is -2.60. The molecular weight excluding hydrogens is 1730 g/mol. The number of aliphatic hydroxyl groups excluding tert-OH is 2. The second-order valence-corrected chi connectivity index (χ2v) is 34.7. The molecule has 3 saturated heterocycles. The third-order valence-corrected chi connectivity index (χ3v) is 24.9. The summed E-state index contributed by atoms with van der Waals surface area (Å²) in [5.41, 5.74) is 20.1. The minimum Gasteiger partial charge on any atom is -0.508 e. The lowest BCUT2D eigenvalue weighted by Gasteiger charge is -2.36. The highest BCUT2D eigenvalue weighted by atomic mass is 32.2. The van der Waals surface area contributed by atoms with E-state index in [4.69, 9.17) is 17.2 Å². The van der Waals surface area contributed by atoms with Crippen LogP contribution in [-0.2, 0) is 112 Å². The quantitative estimate of drug-likeness (QED) is 0.0301. The Hall–Kier alpha value is -13.4. The fraction of sp³-hybridized carbons (Fsp3) is 0.523. The lowest BCUT2D eigenvalue weighted by molar-refractivity contribution is -0.149. The summed E-state index contributed by atoms with van der Waals surface area (Å²) in [6, 6.07) is -2.70. The molecule has 0 spiro atoms. The summed E-state index contributed by atoms with van der Waals surface area (Å²) in [7, 11) is 3.87. The highest BCUT2D eigenvalue weighted by Gasteiger charge is 2.47. The molecule has 714 valence electrons. The van der Waals surface area contributed by atoms with Gasteiger partial charge in [0.2, 0.25) is 100 Å². The van der Waals surface area contributed by atoms with Crippen LogP contribution < -0.4 is 65.1 Å². The molecule has 6 heterocycles. The number of hydrogen-bond donors (Lipinski definition) is 18. The van der Waals surface area contributed by atoms with E-state index < -0.39 is 260 Å². The molecule has 0 bridgehead atoms. The Morgan fingerprint density at radius 1 is 0.591 bits per heavy atom. The van der Waals surface area contributed by atoms with E-state index in [1.165, 1.54) is 71.8 Å².